The molecular weight excluding hydrogens is 411 g/mol. The zero-order chi connectivity index (χ0) is 19.1. The van der Waals surface area contributed by atoms with Crippen molar-refractivity contribution in [3.63, 3.8) is 0 Å². The molecule has 2 aliphatic heterocycles. The number of nitrogens with one attached hydrogen (secondary N) is 3. The summed E-state index contributed by atoms with van der Waals surface area (Å²) >= 11 is 12.7. The fraction of sp³-hybridized carbons (Fsp3) is 0.0588. The molecule has 0 spiro atoms. The molecule has 2 aliphatic rings. The Labute approximate surface area is 168 Å². The molecule has 27 heavy (non-hydrogen) atoms. The number of hydrogen-bond donors (Lipinski definition) is 4. The van der Waals surface area contributed by atoms with Crippen LogP contribution in [0.25, 0.3) is 6.08 Å². The van der Waals surface area contributed by atoms with Crippen molar-refractivity contribution in [3.8, 4) is 5.75 Å². The van der Waals surface area contributed by atoms with Crippen molar-refractivity contribution in [2.24, 2.45) is 0 Å². The minimum atomic E-state index is -0.416. The van der Waals surface area contributed by atoms with E-state index < -0.39 is 11.1 Å². The quantitative estimate of drug-likeness (QED) is 0.550. The fourth-order valence-corrected chi connectivity index (χ4v) is 3.96. The number of thioether (sulfide) groups is 1. The van der Waals surface area contributed by atoms with Gasteiger partial charge in [-0.05, 0) is 47.2 Å². The van der Waals surface area contributed by atoms with Crippen molar-refractivity contribution in [1.82, 2.24) is 10.4 Å². The molecule has 0 radical (unpaired) electrons. The number of anilines is 2. The van der Waals surface area contributed by atoms with Crippen LogP contribution in [0.5, 0.6) is 5.75 Å². The van der Waals surface area contributed by atoms with E-state index in [0.29, 0.717) is 10.5 Å². The minimum absolute atomic E-state index is 0.0234. The molecule has 2 aromatic carbocycles. The molecule has 0 atom stereocenters. The molecule has 2 amide bonds. The number of phenolic OH excluding ortho intramolecular Hbond substituents is 1. The van der Waals surface area contributed by atoms with Gasteiger partial charge in [-0.15, -0.1) is 5.53 Å². The lowest BCUT2D eigenvalue weighted by Crippen LogP contribution is -2.27. The summed E-state index contributed by atoms with van der Waals surface area (Å²) < 4.78 is 0. The molecule has 1 fully saturated rings. The second-order valence-electron chi connectivity index (χ2n) is 5.82. The van der Waals surface area contributed by atoms with Crippen LogP contribution in [0.4, 0.5) is 16.2 Å². The standard InChI is InChI=1S/C17H12Cl2N4O3S/c18-10-3-2-9(14(19)15(10)24)7-23-16(25)13(27-17(23)26)6-8-1-4-11-12(5-8)21-22-20-11/h1-6,20-22,24H,7H2/b13-6-. The molecule has 2 heterocycles. The first kappa shape index (κ1) is 18.0. The summed E-state index contributed by atoms with van der Waals surface area (Å²) in [6.45, 7) is -0.0504. The summed E-state index contributed by atoms with van der Waals surface area (Å²) in [6.07, 6.45) is 1.66. The Balaban J connectivity index is 1.58. The van der Waals surface area contributed by atoms with Gasteiger partial charge in [-0.2, -0.15) is 0 Å². The average molecular weight is 423 g/mol. The molecule has 0 aromatic heterocycles. The molecule has 138 valence electrons. The van der Waals surface area contributed by atoms with Gasteiger partial charge in [0.1, 0.15) is 0 Å². The first-order valence-electron chi connectivity index (χ1n) is 7.76. The van der Waals surface area contributed by atoms with Crippen LogP contribution in [-0.4, -0.2) is 21.2 Å². The maximum Gasteiger partial charge on any atom is 0.293 e. The maximum absolute atomic E-state index is 12.7. The van der Waals surface area contributed by atoms with Gasteiger partial charge in [-0.25, -0.2) is 0 Å². The molecule has 0 unspecified atom stereocenters. The summed E-state index contributed by atoms with van der Waals surface area (Å²) in [7, 11) is 0. The fourth-order valence-electron chi connectivity index (χ4n) is 2.69. The predicted octanol–water partition coefficient (Wildman–Crippen LogP) is 4.19. The number of hydrazine groups is 2. The van der Waals surface area contributed by atoms with Crippen LogP contribution in [0.3, 0.4) is 0 Å². The number of phenols is 1. The van der Waals surface area contributed by atoms with Crippen LogP contribution >= 0.6 is 35.0 Å². The summed E-state index contributed by atoms with van der Waals surface area (Å²) in [6, 6.07) is 8.58. The molecule has 7 nitrogen and oxygen atoms in total. The molecule has 0 bridgehead atoms. The predicted molar refractivity (Wildman–Crippen MR) is 106 cm³/mol. The van der Waals surface area contributed by atoms with E-state index in [1.54, 1.807) is 12.1 Å². The molecule has 4 rings (SSSR count). The van der Waals surface area contributed by atoms with Gasteiger partial charge in [0.15, 0.2) is 5.75 Å². The number of carbonyl (C=O) groups is 2. The van der Waals surface area contributed by atoms with Gasteiger partial charge < -0.3 is 16.0 Å². The van der Waals surface area contributed by atoms with E-state index in [0.717, 1.165) is 33.6 Å². The number of benzene rings is 2. The van der Waals surface area contributed by atoms with Crippen LogP contribution in [0.1, 0.15) is 11.1 Å². The summed E-state index contributed by atoms with van der Waals surface area (Å²) in [5, 5.41) is 9.56. The summed E-state index contributed by atoms with van der Waals surface area (Å²) in [5.41, 5.74) is 11.6. The van der Waals surface area contributed by atoms with Gasteiger partial charge >= 0.3 is 0 Å². The molecular formula is C17H12Cl2N4O3S. The van der Waals surface area contributed by atoms with E-state index in [-0.39, 0.29) is 22.3 Å². The lowest BCUT2D eigenvalue weighted by Gasteiger charge is -2.14. The van der Waals surface area contributed by atoms with Crippen LogP contribution in [0.15, 0.2) is 35.2 Å². The van der Waals surface area contributed by atoms with Crippen molar-refractivity contribution in [2.45, 2.75) is 6.54 Å². The van der Waals surface area contributed by atoms with Crippen LogP contribution in [-0.2, 0) is 11.3 Å². The second-order valence-corrected chi connectivity index (χ2v) is 7.60. The van der Waals surface area contributed by atoms with Crippen LogP contribution in [0.2, 0.25) is 10.0 Å². The van der Waals surface area contributed by atoms with E-state index in [9.17, 15) is 14.7 Å². The zero-order valence-corrected chi connectivity index (χ0v) is 15.9. The molecule has 0 saturated carbocycles. The van der Waals surface area contributed by atoms with Crippen molar-refractivity contribution >= 4 is 63.6 Å². The Morgan fingerprint density at radius 2 is 1.89 bits per heavy atom. The number of carbonyl (C=O) groups excluding carboxylic acids is 2. The lowest BCUT2D eigenvalue weighted by atomic mass is 10.1. The Bertz CT molecular complexity index is 1010. The highest BCUT2D eigenvalue weighted by atomic mass is 35.5. The number of imide groups is 1. The normalized spacial score (nSPS) is 17.3. The third-order valence-electron chi connectivity index (χ3n) is 4.08. The Kier molecular flexibility index (Phi) is 4.65. The Morgan fingerprint density at radius 3 is 2.70 bits per heavy atom. The van der Waals surface area contributed by atoms with Crippen molar-refractivity contribution in [3.05, 3.63) is 56.4 Å². The number of aromatic hydroxyl groups is 1. The monoisotopic (exact) mass is 422 g/mol. The first-order valence-corrected chi connectivity index (χ1v) is 9.33. The number of hydrogen-bond acceptors (Lipinski definition) is 7. The highest BCUT2D eigenvalue weighted by molar-refractivity contribution is 8.18. The maximum atomic E-state index is 12.7. The van der Waals surface area contributed by atoms with E-state index in [1.165, 1.54) is 6.07 Å². The van der Waals surface area contributed by atoms with E-state index in [1.807, 2.05) is 18.2 Å². The third kappa shape index (κ3) is 3.32. The Hall–Kier alpha value is -2.39. The molecule has 1 saturated heterocycles. The zero-order valence-electron chi connectivity index (χ0n) is 13.5. The van der Waals surface area contributed by atoms with E-state index in [2.05, 4.69) is 16.4 Å². The highest BCUT2D eigenvalue weighted by Gasteiger charge is 2.35. The SMILES string of the molecule is O=C1S/C(=C\c2ccc3c(c2)NNN3)C(=O)N1Cc1ccc(Cl)c(O)c1Cl. The van der Waals surface area contributed by atoms with Crippen LogP contribution < -0.4 is 16.4 Å². The number of rotatable bonds is 3. The van der Waals surface area contributed by atoms with Gasteiger partial charge in [-0.3, -0.25) is 14.5 Å². The van der Waals surface area contributed by atoms with Gasteiger partial charge in [-0.1, -0.05) is 35.3 Å². The van der Waals surface area contributed by atoms with E-state index >= 15 is 0 Å². The van der Waals surface area contributed by atoms with Crippen LogP contribution in [0, 0.1) is 0 Å². The number of nitrogens with zero attached hydrogens (tertiary/aromatic N) is 1. The van der Waals surface area contributed by atoms with Gasteiger partial charge in [0.2, 0.25) is 0 Å². The number of fused-ring (bicyclic) bond motifs is 1. The van der Waals surface area contributed by atoms with Gasteiger partial charge in [0, 0.05) is 0 Å². The number of halogens is 2. The number of amides is 2. The molecule has 0 aliphatic carbocycles. The van der Waals surface area contributed by atoms with Gasteiger partial charge in [0.25, 0.3) is 11.1 Å². The van der Waals surface area contributed by atoms with Crippen molar-refractivity contribution in [1.29, 1.82) is 0 Å². The van der Waals surface area contributed by atoms with Crippen molar-refractivity contribution < 1.29 is 14.7 Å². The molecule has 10 heteroatoms. The molecule has 4 N–H and O–H groups in total. The first-order chi connectivity index (χ1) is 12.9. The van der Waals surface area contributed by atoms with Gasteiger partial charge in [0.05, 0.1) is 32.9 Å². The highest BCUT2D eigenvalue weighted by Crippen LogP contribution is 2.38. The minimum Gasteiger partial charge on any atom is -0.505 e. The topological polar surface area (TPSA) is 93.7 Å². The third-order valence-corrected chi connectivity index (χ3v) is 5.72. The largest absolute Gasteiger partial charge is 0.505 e. The molecule has 2 aromatic rings. The van der Waals surface area contributed by atoms with Crippen molar-refractivity contribution in [2.75, 3.05) is 10.9 Å². The Morgan fingerprint density at radius 1 is 1.11 bits per heavy atom. The average Bonchev–Trinajstić information content (AvgIpc) is 3.21. The lowest BCUT2D eigenvalue weighted by molar-refractivity contribution is -0.123. The summed E-state index contributed by atoms with van der Waals surface area (Å²) in [4.78, 5) is 26.4. The second kappa shape index (κ2) is 6.97. The van der Waals surface area contributed by atoms with E-state index in [4.69, 9.17) is 23.2 Å². The smallest absolute Gasteiger partial charge is 0.293 e. The summed E-state index contributed by atoms with van der Waals surface area (Å²) in [5.74, 6) is -0.688.